The third-order valence-electron chi connectivity index (χ3n) is 4.31. The highest BCUT2D eigenvalue weighted by Crippen LogP contribution is 2.37. The van der Waals surface area contributed by atoms with Crippen molar-refractivity contribution in [1.82, 2.24) is 0 Å². The molecule has 0 spiro atoms. The van der Waals surface area contributed by atoms with E-state index in [0.29, 0.717) is 24.5 Å². The minimum absolute atomic E-state index is 0.0854. The third-order valence-corrected chi connectivity index (χ3v) is 4.31. The van der Waals surface area contributed by atoms with Crippen molar-refractivity contribution in [3.63, 3.8) is 0 Å². The number of ether oxygens (including phenoxy) is 2. The van der Waals surface area contributed by atoms with Gasteiger partial charge in [-0.15, -0.1) is 0 Å². The van der Waals surface area contributed by atoms with Gasteiger partial charge in [0.05, 0.1) is 12.7 Å². The number of hydrogen-bond acceptors (Lipinski definition) is 3. The van der Waals surface area contributed by atoms with Gasteiger partial charge < -0.3 is 9.47 Å². The molecule has 1 aliphatic carbocycles. The molecule has 1 aliphatic rings. The summed E-state index contributed by atoms with van der Waals surface area (Å²) in [7, 11) is 3.00. The van der Waals surface area contributed by atoms with Gasteiger partial charge in [0.15, 0.2) is 5.78 Å². The maximum absolute atomic E-state index is 14.1. The fraction of sp³-hybridized carbons (Fsp3) is 0.562. The molecule has 110 valence electrons. The molecule has 0 amide bonds. The quantitative estimate of drug-likeness (QED) is 0.790. The molecule has 1 fully saturated rings. The molecule has 20 heavy (non-hydrogen) atoms. The molecule has 1 aromatic rings. The highest BCUT2D eigenvalue weighted by molar-refractivity contribution is 6.02. The number of Topliss-reactive ketones (excluding diaryl/α,β-unsaturated/α-hetero) is 1. The van der Waals surface area contributed by atoms with Crippen LogP contribution in [0.5, 0.6) is 5.75 Å². The van der Waals surface area contributed by atoms with Gasteiger partial charge in [0, 0.05) is 13.2 Å². The number of rotatable bonds is 4. The number of ketones is 1. The van der Waals surface area contributed by atoms with Crippen LogP contribution in [0, 0.1) is 11.7 Å². The van der Waals surface area contributed by atoms with E-state index in [-0.39, 0.29) is 11.3 Å². The van der Waals surface area contributed by atoms with E-state index in [4.69, 9.17) is 9.47 Å². The number of methoxy groups -OCH3 is 2. The Morgan fingerprint density at radius 2 is 1.95 bits per heavy atom. The smallest absolute Gasteiger partial charge is 0.197 e. The lowest BCUT2D eigenvalue weighted by molar-refractivity contribution is -0.0265. The molecule has 0 aromatic heterocycles. The molecule has 4 heteroatoms. The van der Waals surface area contributed by atoms with Gasteiger partial charge in [0.1, 0.15) is 17.2 Å². The van der Waals surface area contributed by atoms with Crippen molar-refractivity contribution >= 4 is 5.78 Å². The third kappa shape index (κ3) is 2.70. The highest BCUT2D eigenvalue weighted by Gasteiger charge is 2.42. The Kier molecular flexibility index (Phi) is 4.43. The molecule has 1 saturated carbocycles. The van der Waals surface area contributed by atoms with Gasteiger partial charge in [0.2, 0.25) is 0 Å². The summed E-state index contributed by atoms with van der Waals surface area (Å²) >= 11 is 0. The molecule has 2 rings (SSSR count). The Morgan fingerprint density at radius 3 is 2.45 bits per heavy atom. The molecular weight excluding hydrogens is 259 g/mol. The molecule has 0 bridgehead atoms. The first-order valence-corrected chi connectivity index (χ1v) is 6.96. The van der Waals surface area contributed by atoms with E-state index in [1.54, 1.807) is 6.07 Å². The lowest BCUT2D eigenvalue weighted by atomic mass is 9.75. The van der Waals surface area contributed by atoms with Crippen LogP contribution in [0.1, 0.15) is 43.0 Å². The molecule has 0 N–H and O–H groups in total. The summed E-state index contributed by atoms with van der Waals surface area (Å²) < 4.78 is 24.5. The SMILES string of the molecule is COc1ccc(C(=O)C2(OC)CCC(C)CC2)c(F)c1. The van der Waals surface area contributed by atoms with Crippen LogP contribution in [0.25, 0.3) is 0 Å². The van der Waals surface area contributed by atoms with Crippen molar-refractivity contribution in [2.24, 2.45) is 5.92 Å². The topological polar surface area (TPSA) is 35.5 Å². The van der Waals surface area contributed by atoms with E-state index in [1.807, 2.05) is 0 Å². The lowest BCUT2D eigenvalue weighted by Crippen LogP contribution is -2.44. The van der Waals surface area contributed by atoms with Crippen molar-refractivity contribution in [3.05, 3.63) is 29.6 Å². The van der Waals surface area contributed by atoms with Crippen LogP contribution in [-0.2, 0) is 4.74 Å². The average molecular weight is 280 g/mol. The summed E-state index contributed by atoms with van der Waals surface area (Å²) in [5, 5.41) is 0. The van der Waals surface area contributed by atoms with Gasteiger partial charge in [-0.2, -0.15) is 0 Å². The van der Waals surface area contributed by atoms with Gasteiger partial charge in [-0.05, 0) is 43.7 Å². The van der Waals surface area contributed by atoms with Gasteiger partial charge in [0.25, 0.3) is 0 Å². The summed E-state index contributed by atoms with van der Waals surface area (Å²) in [5.41, 5.74) is -0.788. The summed E-state index contributed by atoms with van der Waals surface area (Å²) in [5.74, 6) is 0.186. The standard InChI is InChI=1S/C16H21FO3/c1-11-6-8-16(20-3,9-7-11)15(18)13-5-4-12(19-2)10-14(13)17/h4-5,10-11H,6-9H2,1-3H3. The van der Waals surface area contributed by atoms with E-state index >= 15 is 0 Å². The second-order valence-corrected chi connectivity index (χ2v) is 5.56. The van der Waals surface area contributed by atoms with Crippen LogP contribution >= 0.6 is 0 Å². The Bertz CT molecular complexity index is 490. The van der Waals surface area contributed by atoms with Crippen molar-refractivity contribution in [2.75, 3.05) is 14.2 Å². The van der Waals surface area contributed by atoms with E-state index in [2.05, 4.69) is 6.92 Å². The molecule has 0 radical (unpaired) electrons. The molecule has 0 saturated heterocycles. The number of benzene rings is 1. The first-order chi connectivity index (χ1) is 9.52. The zero-order valence-electron chi connectivity index (χ0n) is 12.2. The van der Waals surface area contributed by atoms with E-state index in [9.17, 15) is 9.18 Å². The van der Waals surface area contributed by atoms with Crippen LogP contribution < -0.4 is 4.74 Å². The van der Waals surface area contributed by atoms with Crippen LogP contribution in [0.2, 0.25) is 0 Å². The zero-order valence-corrected chi connectivity index (χ0v) is 12.2. The second-order valence-electron chi connectivity index (χ2n) is 5.56. The van der Waals surface area contributed by atoms with Gasteiger partial charge in [-0.25, -0.2) is 4.39 Å². The number of halogens is 1. The van der Waals surface area contributed by atoms with E-state index < -0.39 is 11.4 Å². The first kappa shape index (κ1) is 15.0. The first-order valence-electron chi connectivity index (χ1n) is 6.96. The molecule has 0 unspecified atom stereocenters. The van der Waals surface area contributed by atoms with Crippen molar-refractivity contribution in [3.8, 4) is 5.75 Å². The Hall–Kier alpha value is -1.42. The maximum atomic E-state index is 14.1. The maximum Gasteiger partial charge on any atom is 0.197 e. The summed E-state index contributed by atoms with van der Waals surface area (Å²) in [4.78, 5) is 12.7. The minimum Gasteiger partial charge on any atom is -0.497 e. The predicted molar refractivity (Wildman–Crippen MR) is 74.7 cm³/mol. The van der Waals surface area contributed by atoms with Crippen molar-refractivity contribution in [2.45, 2.75) is 38.2 Å². The van der Waals surface area contributed by atoms with Crippen LogP contribution in [0.4, 0.5) is 4.39 Å². The lowest BCUT2D eigenvalue weighted by Gasteiger charge is -2.37. The largest absolute Gasteiger partial charge is 0.497 e. The molecule has 0 aliphatic heterocycles. The number of carbonyl (C=O) groups excluding carboxylic acids is 1. The summed E-state index contributed by atoms with van der Waals surface area (Å²) in [6.07, 6.45) is 3.15. The molecule has 3 nitrogen and oxygen atoms in total. The highest BCUT2D eigenvalue weighted by atomic mass is 19.1. The Balaban J connectivity index is 2.29. The van der Waals surface area contributed by atoms with E-state index in [0.717, 1.165) is 12.8 Å². The average Bonchev–Trinajstić information content (AvgIpc) is 2.47. The summed E-state index contributed by atoms with van der Waals surface area (Å²) in [6, 6.07) is 4.32. The van der Waals surface area contributed by atoms with Crippen molar-refractivity contribution < 1.29 is 18.7 Å². The fourth-order valence-electron chi connectivity index (χ4n) is 2.80. The van der Waals surface area contributed by atoms with Crippen LogP contribution in [-0.4, -0.2) is 25.6 Å². The monoisotopic (exact) mass is 280 g/mol. The minimum atomic E-state index is -0.873. The molecule has 0 atom stereocenters. The molecular formula is C16H21FO3. The van der Waals surface area contributed by atoms with Crippen LogP contribution in [0.3, 0.4) is 0 Å². The van der Waals surface area contributed by atoms with Gasteiger partial charge >= 0.3 is 0 Å². The van der Waals surface area contributed by atoms with Gasteiger partial charge in [-0.3, -0.25) is 4.79 Å². The predicted octanol–water partition coefficient (Wildman–Crippen LogP) is 3.61. The van der Waals surface area contributed by atoms with Crippen LogP contribution in [0.15, 0.2) is 18.2 Å². The van der Waals surface area contributed by atoms with Crippen molar-refractivity contribution in [1.29, 1.82) is 0 Å². The normalized spacial score (nSPS) is 26.3. The molecule has 0 heterocycles. The number of carbonyl (C=O) groups is 1. The number of hydrogen-bond donors (Lipinski definition) is 0. The zero-order chi connectivity index (χ0) is 14.8. The fourth-order valence-corrected chi connectivity index (χ4v) is 2.80. The van der Waals surface area contributed by atoms with E-state index in [1.165, 1.54) is 26.4 Å². The Morgan fingerprint density at radius 1 is 1.30 bits per heavy atom. The Labute approximate surface area is 119 Å². The summed E-state index contributed by atoms with van der Waals surface area (Å²) in [6.45, 7) is 2.16. The molecule has 1 aromatic carbocycles. The second kappa shape index (κ2) is 5.92. The van der Waals surface area contributed by atoms with Gasteiger partial charge in [-0.1, -0.05) is 6.92 Å².